The lowest BCUT2D eigenvalue weighted by Crippen LogP contribution is -2.16. The maximum atomic E-state index is 13.6. The third-order valence-corrected chi connectivity index (χ3v) is 3.80. The number of para-hydroxylation sites is 1. The smallest absolute Gasteiger partial charge is 0.450 e. The van der Waals surface area contributed by atoms with Gasteiger partial charge in [-0.15, -0.1) is 0 Å². The number of nitrogens with zero attached hydrogens (tertiary/aromatic N) is 1. The molecule has 0 radical (unpaired) electrons. The number of hydrogen-bond acceptors (Lipinski definition) is 5. The van der Waals surface area contributed by atoms with Crippen LogP contribution in [0.25, 0.3) is 22.1 Å². The number of alkyl halides is 3. The lowest BCUT2D eigenvalue weighted by Gasteiger charge is -2.15. The minimum atomic E-state index is -4.91. The topological polar surface area (TPSA) is 72.5 Å². The molecule has 0 fully saturated rings. The molecule has 1 aromatic heterocycles. The van der Waals surface area contributed by atoms with Gasteiger partial charge in [0.05, 0.1) is 18.1 Å². The molecule has 2 aromatic carbocycles. The van der Waals surface area contributed by atoms with Crippen LogP contribution in [-0.4, -0.2) is 13.7 Å². The summed E-state index contributed by atoms with van der Waals surface area (Å²) in [5.41, 5.74) is -1.78. The molecule has 1 heterocycles. The lowest BCUT2D eigenvalue weighted by atomic mass is 10.0. The second-order valence-electron chi connectivity index (χ2n) is 5.44. The average Bonchev–Trinajstić information content (AvgIpc) is 2.65. The van der Waals surface area contributed by atoms with E-state index in [2.05, 4.69) is 0 Å². The molecule has 3 rings (SSSR count). The summed E-state index contributed by atoms with van der Waals surface area (Å²) in [5.74, 6) is -1.20. The van der Waals surface area contributed by atoms with Crippen molar-refractivity contribution < 1.29 is 27.1 Å². The Balaban J connectivity index is 2.35. The Morgan fingerprint density at radius 2 is 1.93 bits per heavy atom. The molecule has 0 N–H and O–H groups in total. The molecule has 0 aliphatic rings. The average molecular weight is 375 g/mol. The van der Waals surface area contributed by atoms with Gasteiger partial charge in [0.25, 0.3) is 0 Å². The second kappa shape index (κ2) is 7.03. The van der Waals surface area contributed by atoms with Gasteiger partial charge in [-0.2, -0.15) is 18.4 Å². The number of ether oxygens (including phenoxy) is 2. The third kappa shape index (κ3) is 3.44. The molecule has 5 nitrogen and oxygen atoms in total. The number of hydrogen-bond donors (Lipinski definition) is 0. The predicted octanol–water partition coefficient (Wildman–Crippen LogP) is 4.39. The highest BCUT2D eigenvalue weighted by Gasteiger charge is 2.40. The van der Waals surface area contributed by atoms with Crippen molar-refractivity contribution >= 4 is 11.0 Å². The monoisotopic (exact) mass is 375 g/mol. The van der Waals surface area contributed by atoms with Gasteiger partial charge in [0, 0.05) is 11.6 Å². The number of fused-ring (bicyclic) bond motifs is 1. The van der Waals surface area contributed by atoms with Gasteiger partial charge < -0.3 is 13.9 Å². The lowest BCUT2D eigenvalue weighted by molar-refractivity contribution is -0.152. The minimum absolute atomic E-state index is 0.0206. The fourth-order valence-electron chi connectivity index (χ4n) is 2.67. The van der Waals surface area contributed by atoms with Gasteiger partial charge in [-0.3, -0.25) is 4.79 Å². The number of halogens is 3. The molecule has 0 aliphatic heterocycles. The van der Waals surface area contributed by atoms with Crippen LogP contribution in [0.5, 0.6) is 11.5 Å². The van der Waals surface area contributed by atoms with Crippen LogP contribution in [0.4, 0.5) is 13.2 Å². The fraction of sp³-hybridized carbons (Fsp3) is 0.158. The number of benzene rings is 2. The van der Waals surface area contributed by atoms with E-state index in [0.29, 0.717) is 0 Å². The standard InChI is InChI=1S/C19H12F3NO4/c1-25-14-5-3-2-4-12(14)16-17(24)13-7-6-11(26-9-8-23)10-15(13)27-18(16)19(20,21)22/h2-7,10H,9H2,1H3. The van der Waals surface area contributed by atoms with E-state index in [1.807, 2.05) is 0 Å². The van der Waals surface area contributed by atoms with Crippen molar-refractivity contribution in [3.63, 3.8) is 0 Å². The molecule has 0 spiro atoms. The molecule has 27 heavy (non-hydrogen) atoms. The molecule has 0 saturated carbocycles. The summed E-state index contributed by atoms with van der Waals surface area (Å²) in [6.45, 7) is -0.291. The zero-order chi connectivity index (χ0) is 19.6. The minimum Gasteiger partial charge on any atom is -0.496 e. The first-order valence-corrected chi connectivity index (χ1v) is 7.68. The first-order valence-electron chi connectivity index (χ1n) is 7.68. The van der Waals surface area contributed by atoms with Crippen molar-refractivity contribution in [2.24, 2.45) is 0 Å². The van der Waals surface area contributed by atoms with Crippen LogP contribution in [0.2, 0.25) is 0 Å². The van der Waals surface area contributed by atoms with Gasteiger partial charge in [-0.1, -0.05) is 18.2 Å². The summed E-state index contributed by atoms with van der Waals surface area (Å²) in [5, 5.41) is 8.49. The highest BCUT2D eigenvalue weighted by Crippen LogP contribution is 2.40. The number of methoxy groups -OCH3 is 1. The summed E-state index contributed by atoms with van der Waals surface area (Å²) >= 11 is 0. The van der Waals surface area contributed by atoms with Crippen LogP contribution in [0.15, 0.2) is 51.7 Å². The van der Waals surface area contributed by atoms with Gasteiger partial charge in [-0.25, -0.2) is 0 Å². The van der Waals surface area contributed by atoms with Gasteiger partial charge in [-0.05, 0) is 18.2 Å². The van der Waals surface area contributed by atoms with Crippen LogP contribution in [-0.2, 0) is 6.18 Å². The highest BCUT2D eigenvalue weighted by molar-refractivity contribution is 5.85. The maximum Gasteiger partial charge on any atom is 0.450 e. The third-order valence-electron chi connectivity index (χ3n) is 3.80. The van der Waals surface area contributed by atoms with Crippen LogP contribution >= 0.6 is 0 Å². The first-order chi connectivity index (χ1) is 12.9. The van der Waals surface area contributed by atoms with Crippen LogP contribution in [0, 0.1) is 11.3 Å². The van der Waals surface area contributed by atoms with E-state index in [0.717, 1.165) is 6.07 Å². The molecule has 8 heteroatoms. The maximum absolute atomic E-state index is 13.6. The molecule has 0 saturated heterocycles. The van der Waals surface area contributed by atoms with Crippen LogP contribution in [0.3, 0.4) is 0 Å². The van der Waals surface area contributed by atoms with E-state index in [4.69, 9.17) is 19.2 Å². The van der Waals surface area contributed by atoms with Crippen molar-refractivity contribution in [2.75, 3.05) is 13.7 Å². The molecule has 0 amide bonds. The summed E-state index contributed by atoms with van der Waals surface area (Å²) in [7, 11) is 1.30. The molecule has 3 aromatic rings. The molecule has 138 valence electrons. The van der Waals surface area contributed by atoms with Crippen molar-refractivity contribution in [1.82, 2.24) is 0 Å². The Labute approximate surface area is 151 Å². The van der Waals surface area contributed by atoms with E-state index in [1.54, 1.807) is 12.1 Å². The van der Waals surface area contributed by atoms with Crippen molar-refractivity contribution in [3.8, 4) is 28.7 Å². The summed E-state index contributed by atoms with van der Waals surface area (Å²) < 4.78 is 56.1. The fourth-order valence-corrected chi connectivity index (χ4v) is 2.67. The SMILES string of the molecule is COc1ccccc1-c1c(C(F)(F)F)oc2cc(OCC#N)ccc2c1=O. The van der Waals surface area contributed by atoms with Crippen molar-refractivity contribution in [1.29, 1.82) is 5.26 Å². The van der Waals surface area contributed by atoms with Crippen LogP contribution in [0.1, 0.15) is 5.76 Å². The largest absolute Gasteiger partial charge is 0.496 e. The summed E-state index contributed by atoms with van der Waals surface area (Å²) in [6, 6.07) is 11.5. The Kier molecular flexibility index (Phi) is 4.77. The zero-order valence-corrected chi connectivity index (χ0v) is 14.0. The van der Waals surface area contributed by atoms with Gasteiger partial charge >= 0.3 is 6.18 Å². The quantitative estimate of drug-likeness (QED) is 0.676. The van der Waals surface area contributed by atoms with Gasteiger partial charge in [0.15, 0.2) is 6.61 Å². The molecule has 0 bridgehead atoms. The van der Waals surface area contributed by atoms with Crippen LogP contribution < -0.4 is 14.9 Å². The Morgan fingerprint density at radius 1 is 1.19 bits per heavy atom. The highest BCUT2D eigenvalue weighted by atomic mass is 19.4. The predicted molar refractivity (Wildman–Crippen MR) is 90.6 cm³/mol. The number of nitriles is 1. The van der Waals surface area contributed by atoms with Gasteiger partial charge in [0.1, 0.15) is 23.2 Å². The van der Waals surface area contributed by atoms with Crippen molar-refractivity contribution in [3.05, 3.63) is 58.4 Å². The Bertz CT molecular complexity index is 1100. The molecule has 0 atom stereocenters. The van der Waals surface area contributed by atoms with E-state index >= 15 is 0 Å². The van der Waals surface area contributed by atoms with E-state index in [1.165, 1.54) is 37.4 Å². The van der Waals surface area contributed by atoms with Crippen molar-refractivity contribution in [2.45, 2.75) is 6.18 Å². The van der Waals surface area contributed by atoms with E-state index < -0.39 is 22.9 Å². The summed E-state index contributed by atoms with van der Waals surface area (Å²) in [4.78, 5) is 12.9. The number of rotatable bonds is 4. The van der Waals surface area contributed by atoms with Gasteiger partial charge in [0.2, 0.25) is 11.2 Å². The van der Waals surface area contributed by atoms with E-state index in [-0.39, 0.29) is 34.6 Å². The Morgan fingerprint density at radius 3 is 2.59 bits per heavy atom. The molecular weight excluding hydrogens is 363 g/mol. The summed E-state index contributed by atoms with van der Waals surface area (Å²) in [6.07, 6.45) is -4.91. The molecule has 0 unspecified atom stereocenters. The van der Waals surface area contributed by atoms with E-state index in [9.17, 15) is 18.0 Å². The first kappa shape index (κ1) is 18.3. The normalized spacial score (nSPS) is 11.2. The Hall–Kier alpha value is -3.47. The molecule has 0 aliphatic carbocycles. The molecular formula is C19H12F3NO4. The second-order valence-corrected chi connectivity index (χ2v) is 5.44. The zero-order valence-electron chi connectivity index (χ0n) is 14.0.